The highest BCUT2D eigenvalue weighted by Gasteiger charge is 2.42. The van der Waals surface area contributed by atoms with Crippen molar-refractivity contribution >= 4 is 0 Å². The molecule has 3 nitrogen and oxygen atoms in total. The second kappa shape index (κ2) is 7.05. The molecule has 2 rings (SSSR count). The summed E-state index contributed by atoms with van der Waals surface area (Å²) in [5, 5.41) is 3.54. The van der Waals surface area contributed by atoms with Crippen LogP contribution >= 0.6 is 0 Å². The maximum atomic E-state index is 6.40. The maximum Gasteiger partial charge on any atom is 0.0687 e. The van der Waals surface area contributed by atoms with Gasteiger partial charge in [-0.25, -0.2) is 0 Å². The van der Waals surface area contributed by atoms with Gasteiger partial charge in [-0.3, -0.25) is 0 Å². The summed E-state index contributed by atoms with van der Waals surface area (Å²) >= 11 is 0. The first-order valence-electron chi connectivity index (χ1n) is 8.05. The van der Waals surface area contributed by atoms with Crippen molar-refractivity contribution in [3.8, 4) is 0 Å². The highest BCUT2D eigenvalue weighted by atomic mass is 16.5. The Morgan fingerprint density at radius 3 is 2.68 bits per heavy atom. The van der Waals surface area contributed by atoms with E-state index in [-0.39, 0.29) is 5.60 Å². The minimum absolute atomic E-state index is 0.289. The van der Waals surface area contributed by atoms with E-state index in [2.05, 4.69) is 19.2 Å². The predicted octanol–water partition coefficient (Wildman–Crippen LogP) is 3.13. The summed E-state index contributed by atoms with van der Waals surface area (Å²) in [6.45, 7) is 6.35. The molecule has 1 aliphatic heterocycles. The molecular weight excluding hydrogens is 238 g/mol. The van der Waals surface area contributed by atoms with E-state index in [0.29, 0.717) is 18.1 Å². The molecule has 0 aromatic carbocycles. The first kappa shape index (κ1) is 15.3. The quantitative estimate of drug-likeness (QED) is 0.720. The van der Waals surface area contributed by atoms with Crippen LogP contribution in [0.1, 0.15) is 58.8 Å². The SMILES string of the molecule is COCCNC(C)C(C)CC1CCC2(CCCC2)O1. The van der Waals surface area contributed by atoms with Crippen molar-refractivity contribution in [1.29, 1.82) is 0 Å². The molecule has 19 heavy (non-hydrogen) atoms. The zero-order valence-electron chi connectivity index (χ0n) is 12.9. The summed E-state index contributed by atoms with van der Waals surface area (Å²) in [6, 6.07) is 0.541. The average molecular weight is 269 g/mol. The first-order valence-corrected chi connectivity index (χ1v) is 8.05. The Balaban J connectivity index is 1.69. The molecule has 0 bridgehead atoms. The molecule has 1 N–H and O–H groups in total. The Hall–Kier alpha value is -0.120. The lowest BCUT2D eigenvalue weighted by Gasteiger charge is -2.27. The van der Waals surface area contributed by atoms with Crippen LogP contribution in [0, 0.1) is 5.92 Å². The normalized spacial score (nSPS) is 28.9. The van der Waals surface area contributed by atoms with Gasteiger partial charge in [-0.15, -0.1) is 0 Å². The lowest BCUT2D eigenvalue weighted by Crippen LogP contribution is -2.36. The Labute approximate surface area is 118 Å². The standard InChI is InChI=1S/C16H31NO2/c1-13(14(2)17-10-11-18-3)12-15-6-9-16(19-15)7-4-5-8-16/h13-15,17H,4-12H2,1-3H3. The van der Waals surface area contributed by atoms with Gasteiger partial charge < -0.3 is 14.8 Å². The molecule has 1 saturated carbocycles. The molecule has 0 aromatic rings. The number of methoxy groups -OCH3 is 1. The van der Waals surface area contributed by atoms with Gasteiger partial charge in [0.1, 0.15) is 0 Å². The number of nitrogens with one attached hydrogen (secondary N) is 1. The first-order chi connectivity index (χ1) is 9.15. The van der Waals surface area contributed by atoms with E-state index in [4.69, 9.17) is 9.47 Å². The van der Waals surface area contributed by atoms with Crippen LogP contribution in [0.25, 0.3) is 0 Å². The summed E-state index contributed by atoms with van der Waals surface area (Å²) in [7, 11) is 1.75. The molecule has 0 radical (unpaired) electrons. The molecule has 0 aromatic heterocycles. The van der Waals surface area contributed by atoms with Crippen molar-refractivity contribution in [3.63, 3.8) is 0 Å². The Morgan fingerprint density at radius 1 is 1.26 bits per heavy atom. The van der Waals surface area contributed by atoms with Crippen LogP contribution in [0.4, 0.5) is 0 Å². The van der Waals surface area contributed by atoms with Gasteiger partial charge in [-0.05, 0) is 44.9 Å². The third-order valence-corrected chi connectivity index (χ3v) is 5.11. The van der Waals surface area contributed by atoms with Gasteiger partial charge in [0.15, 0.2) is 0 Å². The molecule has 0 amide bonds. The van der Waals surface area contributed by atoms with Gasteiger partial charge in [0.25, 0.3) is 0 Å². The largest absolute Gasteiger partial charge is 0.383 e. The van der Waals surface area contributed by atoms with E-state index >= 15 is 0 Å². The van der Waals surface area contributed by atoms with Crippen LogP contribution in [0.5, 0.6) is 0 Å². The summed E-state index contributed by atoms with van der Waals surface area (Å²) in [5.74, 6) is 0.665. The number of hydrogen-bond donors (Lipinski definition) is 1. The van der Waals surface area contributed by atoms with Gasteiger partial charge in [0, 0.05) is 19.7 Å². The Morgan fingerprint density at radius 2 is 2.00 bits per heavy atom. The lowest BCUT2D eigenvalue weighted by molar-refractivity contribution is -0.0447. The van der Waals surface area contributed by atoms with Crippen LogP contribution in [0.15, 0.2) is 0 Å². The van der Waals surface area contributed by atoms with Gasteiger partial charge in [-0.1, -0.05) is 19.8 Å². The predicted molar refractivity (Wildman–Crippen MR) is 78.4 cm³/mol. The second-order valence-electron chi connectivity index (χ2n) is 6.62. The minimum atomic E-state index is 0.289. The summed E-state index contributed by atoms with van der Waals surface area (Å²) in [4.78, 5) is 0. The maximum absolute atomic E-state index is 6.40. The van der Waals surface area contributed by atoms with Crippen molar-refractivity contribution in [2.45, 2.75) is 76.5 Å². The van der Waals surface area contributed by atoms with Crippen molar-refractivity contribution in [2.24, 2.45) is 5.92 Å². The molecule has 1 aliphatic carbocycles. The van der Waals surface area contributed by atoms with E-state index in [0.717, 1.165) is 13.2 Å². The van der Waals surface area contributed by atoms with Gasteiger partial charge >= 0.3 is 0 Å². The Bertz CT molecular complexity index is 263. The highest BCUT2D eigenvalue weighted by Crippen LogP contribution is 2.44. The van der Waals surface area contributed by atoms with Crippen molar-refractivity contribution in [3.05, 3.63) is 0 Å². The molecule has 3 unspecified atom stereocenters. The molecule has 3 heteroatoms. The zero-order valence-corrected chi connectivity index (χ0v) is 12.9. The number of ether oxygens (including phenoxy) is 2. The third kappa shape index (κ3) is 4.17. The topological polar surface area (TPSA) is 30.5 Å². The van der Waals surface area contributed by atoms with E-state index < -0.39 is 0 Å². The fourth-order valence-electron chi connectivity index (χ4n) is 3.66. The van der Waals surface area contributed by atoms with E-state index in [9.17, 15) is 0 Å². The number of rotatable bonds is 7. The molecule has 112 valence electrons. The third-order valence-electron chi connectivity index (χ3n) is 5.11. The van der Waals surface area contributed by atoms with Crippen molar-refractivity contribution in [2.75, 3.05) is 20.3 Å². The van der Waals surface area contributed by atoms with E-state index in [1.165, 1.54) is 44.9 Å². The second-order valence-corrected chi connectivity index (χ2v) is 6.62. The lowest BCUT2D eigenvalue weighted by atomic mass is 9.94. The van der Waals surface area contributed by atoms with Crippen molar-refractivity contribution < 1.29 is 9.47 Å². The summed E-state index contributed by atoms with van der Waals surface area (Å²) in [5.41, 5.74) is 0.289. The molecular formula is C16H31NO2. The van der Waals surface area contributed by atoms with Crippen LogP contribution in [0.3, 0.4) is 0 Å². The van der Waals surface area contributed by atoms with Crippen LogP contribution in [0.2, 0.25) is 0 Å². The highest BCUT2D eigenvalue weighted by molar-refractivity contribution is 4.93. The van der Waals surface area contributed by atoms with Gasteiger partial charge in [0.05, 0.1) is 18.3 Å². The van der Waals surface area contributed by atoms with Crippen LogP contribution in [-0.2, 0) is 9.47 Å². The molecule has 1 saturated heterocycles. The van der Waals surface area contributed by atoms with Crippen LogP contribution < -0.4 is 5.32 Å². The Kier molecular flexibility index (Phi) is 5.67. The molecule has 3 atom stereocenters. The average Bonchev–Trinajstić information content (AvgIpc) is 3.00. The monoisotopic (exact) mass is 269 g/mol. The van der Waals surface area contributed by atoms with Gasteiger partial charge in [-0.2, -0.15) is 0 Å². The van der Waals surface area contributed by atoms with Gasteiger partial charge in [0.2, 0.25) is 0 Å². The molecule has 2 fully saturated rings. The smallest absolute Gasteiger partial charge is 0.0687 e. The molecule has 1 heterocycles. The summed E-state index contributed by atoms with van der Waals surface area (Å²) in [6.07, 6.45) is 9.63. The number of hydrogen-bond acceptors (Lipinski definition) is 3. The van der Waals surface area contributed by atoms with Crippen LogP contribution in [-0.4, -0.2) is 38.0 Å². The minimum Gasteiger partial charge on any atom is -0.383 e. The zero-order chi connectivity index (χ0) is 13.7. The molecule has 2 aliphatic rings. The van der Waals surface area contributed by atoms with Crippen molar-refractivity contribution in [1.82, 2.24) is 5.32 Å². The van der Waals surface area contributed by atoms with E-state index in [1.807, 2.05) is 0 Å². The fraction of sp³-hybridized carbons (Fsp3) is 1.00. The summed E-state index contributed by atoms with van der Waals surface area (Å²) < 4.78 is 11.5. The molecule has 1 spiro atoms. The fourth-order valence-corrected chi connectivity index (χ4v) is 3.66. The van der Waals surface area contributed by atoms with E-state index in [1.54, 1.807) is 7.11 Å².